The molecular formula is C16H27N3O3. The Kier molecular flexibility index (Phi) is 4.78. The predicted octanol–water partition coefficient (Wildman–Crippen LogP) is 1.94. The van der Waals surface area contributed by atoms with Crippen molar-refractivity contribution in [2.45, 2.75) is 76.8 Å². The van der Waals surface area contributed by atoms with Crippen molar-refractivity contribution in [1.29, 1.82) is 0 Å². The molecule has 0 radical (unpaired) electrons. The van der Waals surface area contributed by atoms with Crippen LogP contribution >= 0.6 is 0 Å². The highest BCUT2D eigenvalue weighted by Gasteiger charge is 2.51. The molecule has 1 saturated carbocycles. The molecule has 0 atom stereocenters. The fourth-order valence-corrected chi connectivity index (χ4v) is 3.12. The number of nitrogens with one attached hydrogen (secondary N) is 2. The summed E-state index contributed by atoms with van der Waals surface area (Å²) in [7, 11) is 0. The number of hydrogen-bond acceptors (Lipinski definition) is 3. The van der Waals surface area contributed by atoms with Crippen LogP contribution < -0.4 is 10.6 Å². The highest BCUT2D eigenvalue weighted by atomic mass is 16.2. The van der Waals surface area contributed by atoms with E-state index in [1.165, 1.54) is 4.90 Å². The molecule has 4 amide bonds. The van der Waals surface area contributed by atoms with Crippen LogP contribution in [-0.2, 0) is 9.59 Å². The summed E-state index contributed by atoms with van der Waals surface area (Å²) in [6.07, 6.45) is 5.11. The first-order valence-electron chi connectivity index (χ1n) is 8.25. The summed E-state index contributed by atoms with van der Waals surface area (Å²) < 4.78 is 0. The number of carbonyl (C=O) groups is 3. The van der Waals surface area contributed by atoms with Gasteiger partial charge >= 0.3 is 6.03 Å². The van der Waals surface area contributed by atoms with E-state index in [4.69, 9.17) is 0 Å². The predicted molar refractivity (Wildman–Crippen MR) is 83.2 cm³/mol. The number of hydrogen-bond donors (Lipinski definition) is 2. The molecule has 0 bridgehead atoms. The van der Waals surface area contributed by atoms with Gasteiger partial charge in [0, 0.05) is 18.5 Å². The minimum Gasteiger partial charge on any atom is -0.351 e. The molecule has 0 aromatic heterocycles. The van der Waals surface area contributed by atoms with Crippen LogP contribution in [0.5, 0.6) is 0 Å². The van der Waals surface area contributed by atoms with E-state index < -0.39 is 5.54 Å². The smallest absolute Gasteiger partial charge is 0.325 e. The van der Waals surface area contributed by atoms with Crippen molar-refractivity contribution in [1.82, 2.24) is 15.5 Å². The Balaban J connectivity index is 1.81. The van der Waals surface area contributed by atoms with Gasteiger partial charge in [-0.1, -0.05) is 19.8 Å². The Bertz CT molecular complexity index is 467. The monoisotopic (exact) mass is 309 g/mol. The Morgan fingerprint density at radius 2 is 1.95 bits per heavy atom. The van der Waals surface area contributed by atoms with Crippen LogP contribution in [0.1, 0.15) is 65.7 Å². The summed E-state index contributed by atoms with van der Waals surface area (Å²) in [6.45, 7) is 6.29. The normalized spacial score (nSPS) is 20.6. The lowest BCUT2D eigenvalue weighted by Gasteiger charge is -2.24. The molecule has 2 fully saturated rings. The second-order valence-corrected chi connectivity index (χ2v) is 7.07. The van der Waals surface area contributed by atoms with Crippen LogP contribution in [0, 0.1) is 0 Å². The van der Waals surface area contributed by atoms with E-state index >= 15 is 0 Å². The SMILES string of the molecule is CCC(C)(C)NC(=O)CCCN1C(=O)NC2(CCCC2)C1=O. The van der Waals surface area contributed by atoms with Crippen LogP contribution in [-0.4, -0.2) is 40.4 Å². The maximum absolute atomic E-state index is 12.4. The van der Waals surface area contributed by atoms with Crippen LogP contribution in [0.3, 0.4) is 0 Å². The molecule has 2 rings (SSSR count). The number of amides is 4. The maximum Gasteiger partial charge on any atom is 0.325 e. The quantitative estimate of drug-likeness (QED) is 0.736. The Morgan fingerprint density at radius 1 is 1.32 bits per heavy atom. The molecule has 0 unspecified atom stereocenters. The van der Waals surface area contributed by atoms with Crippen molar-refractivity contribution in [3.05, 3.63) is 0 Å². The van der Waals surface area contributed by atoms with Gasteiger partial charge in [0.2, 0.25) is 5.91 Å². The Labute approximate surface area is 132 Å². The van der Waals surface area contributed by atoms with Crippen molar-refractivity contribution in [3.8, 4) is 0 Å². The average Bonchev–Trinajstić information content (AvgIpc) is 2.99. The molecule has 1 aliphatic heterocycles. The van der Waals surface area contributed by atoms with Gasteiger partial charge in [-0.05, 0) is 39.5 Å². The van der Waals surface area contributed by atoms with Gasteiger partial charge in [0.15, 0.2) is 0 Å². The zero-order valence-electron chi connectivity index (χ0n) is 13.8. The lowest BCUT2D eigenvalue weighted by Crippen LogP contribution is -2.44. The second-order valence-electron chi connectivity index (χ2n) is 7.07. The first-order valence-corrected chi connectivity index (χ1v) is 8.25. The zero-order valence-corrected chi connectivity index (χ0v) is 13.8. The van der Waals surface area contributed by atoms with E-state index in [0.717, 1.165) is 32.1 Å². The maximum atomic E-state index is 12.4. The van der Waals surface area contributed by atoms with E-state index in [0.29, 0.717) is 19.4 Å². The van der Waals surface area contributed by atoms with Crippen molar-refractivity contribution in [2.24, 2.45) is 0 Å². The van der Waals surface area contributed by atoms with Crippen LogP contribution in [0.15, 0.2) is 0 Å². The molecule has 0 aromatic rings. The molecule has 1 aliphatic carbocycles. The largest absolute Gasteiger partial charge is 0.351 e. The Morgan fingerprint density at radius 3 is 2.55 bits per heavy atom. The lowest BCUT2D eigenvalue weighted by molar-refractivity contribution is -0.131. The molecular weight excluding hydrogens is 282 g/mol. The lowest BCUT2D eigenvalue weighted by atomic mass is 9.98. The van der Waals surface area contributed by atoms with Gasteiger partial charge in [-0.25, -0.2) is 4.79 Å². The van der Waals surface area contributed by atoms with Gasteiger partial charge in [0.25, 0.3) is 5.91 Å². The molecule has 6 heteroatoms. The van der Waals surface area contributed by atoms with Crippen molar-refractivity contribution >= 4 is 17.8 Å². The van der Waals surface area contributed by atoms with Gasteiger partial charge in [0.1, 0.15) is 5.54 Å². The highest BCUT2D eigenvalue weighted by molar-refractivity contribution is 6.07. The van der Waals surface area contributed by atoms with E-state index in [-0.39, 0.29) is 23.4 Å². The average molecular weight is 309 g/mol. The number of imide groups is 1. The third kappa shape index (κ3) is 3.42. The number of carbonyl (C=O) groups excluding carboxylic acids is 3. The molecule has 6 nitrogen and oxygen atoms in total. The Hall–Kier alpha value is -1.59. The summed E-state index contributed by atoms with van der Waals surface area (Å²) >= 11 is 0. The fourth-order valence-electron chi connectivity index (χ4n) is 3.12. The van der Waals surface area contributed by atoms with E-state index in [9.17, 15) is 14.4 Å². The van der Waals surface area contributed by atoms with Crippen LogP contribution in [0.2, 0.25) is 0 Å². The van der Waals surface area contributed by atoms with E-state index in [1.807, 2.05) is 20.8 Å². The highest BCUT2D eigenvalue weighted by Crippen LogP contribution is 2.35. The summed E-state index contributed by atoms with van der Waals surface area (Å²) in [5.74, 6) is -0.140. The first-order chi connectivity index (χ1) is 10.3. The molecule has 1 heterocycles. The summed E-state index contributed by atoms with van der Waals surface area (Å²) in [5.41, 5.74) is -0.866. The van der Waals surface area contributed by atoms with Crippen LogP contribution in [0.4, 0.5) is 4.79 Å². The molecule has 124 valence electrons. The molecule has 22 heavy (non-hydrogen) atoms. The molecule has 1 saturated heterocycles. The van der Waals surface area contributed by atoms with Crippen molar-refractivity contribution < 1.29 is 14.4 Å². The number of urea groups is 1. The topological polar surface area (TPSA) is 78.5 Å². The van der Waals surface area contributed by atoms with Crippen molar-refractivity contribution in [3.63, 3.8) is 0 Å². The van der Waals surface area contributed by atoms with E-state index in [2.05, 4.69) is 10.6 Å². The standard InChI is InChI=1S/C16H27N3O3/c1-4-15(2,3)17-12(20)8-7-11-19-13(21)16(18-14(19)22)9-5-6-10-16/h4-11H2,1-3H3,(H,17,20)(H,18,22). The number of nitrogens with zero attached hydrogens (tertiary/aromatic N) is 1. The molecule has 0 aromatic carbocycles. The van der Waals surface area contributed by atoms with Gasteiger partial charge in [-0.3, -0.25) is 14.5 Å². The van der Waals surface area contributed by atoms with Gasteiger partial charge in [-0.2, -0.15) is 0 Å². The second kappa shape index (κ2) is 6.26. The summed E-state index contributed by atoms with van der Waals surface area (Å²) in [4.78, 5) is 37.6. The third-order valence-corrected chi connectivity index (χ3v) is 4.85. The molecule has 2 N–H and O–H groups in total. The first kappa shape index (κ1) is 16.8. The molecule has 1 spiro atoms. The van der Waals surface area contributed by atoms with Crippen molar-refractivity contribution in [2.75, 3.05) is 6.54 Å². The minimum atomic E-state index is -0.649. The summed E-state index contributed by atoms with van der Waals surface area (Å²) in [6, 6.07) is -0.304. The fraction of sp³-hybridized carbons (Fsp3) is 0.812. The third-order valence-electron chi connectivity index (χ3n) is 4.85. The zero-order chi connectivity index (χ0) is 16.4. The minimum absolute atomic E-state index is 0.0329. The number of rotatable bonds is 6. The van der Waals surface area contributed by atoms with Crippen LogP contribution in [0.25, 0.3) is 0 Å². The van der Waals surface area contributed by atoms with E-state index in [1.54, 1.807) is 0 Å². The summed E-state index contributed by atoms with van der Waals surface area (Å²) in [5, 5.41) is 5.81. The van der Waals surface area contributed by atoms with Gasteiger partial charge in [-0.15, -0.1) is 0 Å². The van der Waals surface area contributed by atoms with Gasteiger partial charge < -0.3 is 10.6 Å². The van der Waals surface area contributed by atoms with Gasteiger partial charge in [0.05, 0.1) is 0 Å². The molecule has 2 aliphatic rings.